The molecule has 13 heavy (non-hydrogen) atoms. The molecule has 0 saturated heterocycles. The number of carbonyl (C=O) groups is 1. The van der Waals surface area contributed by atoms with Crippen LogP contribution in [-0.4, -0.2) is 17.5 Å². The number of amides is 1. The van der Waals surface area contributed by atoms with Gasteiger partial charge in [-0.15, -0.1) is 6.42 Å². The van der Waals surface area contributed by atoms with Gasteiger partial charge in [-0.25, -0.2) is 4.98 Å². The minimum absolute atomic E-state index is 0.178. The summed E-state index contributed by atoms with van der Waals surface area (Å²) in [5.74, 6) is 2.26. The fourth-order valence-electron chi connectivity index (χ4n) is 0.736. The van der Waals surface area contributed by atoms with E-state index in [9.17, 15) is 4.79 Å². The molecule has 0 aliphatic carbocycles. The van der Waals surface area contributed by atoms with E-state index >= 15 is 0 Å². The molecule has 4 nitrogen and oxygen atoms in total. The Balaban J connectivity index is 2.71. The summed E-state index contributed by atoms with van der Waals surface area (Å²) in [6.07, 6.45) is 6.39. The summed E-state index contributed by atoms with van der Waals surface area (Å²) in [6, 6.07) is 3.07. The van der Waals surface area contributed by atoms with Crippen LogP contribution in [0, 0.1) is 12.3 Å². The molecule has 0 aromatic carbocycles. The Labute approximate surface area is 75.7 Å². The Kier molecular flexibility index (Phi) is 2.87. The number of ether oxygens (including phenoxy) is 1. The van der Waals surface area contributed by atoms with Crippen molar-refractivity contribution in [3.63, 3.8) is 0 Å². The van der Waals surface area contributed by atoms with E-state index in [-0.39, 0.29) is 12.3 Å². The summed E-state index contributed by atoms with van der Waals surface area (Å²) in [5.41, 5.74) is 5.19. The second-order valence-electron chi connectivity index (χ2n) is 2.24. The van der Waals surface area contributed by atoms with Gasteiger partial charge in [0.25, 0.3) is 5.91 Å². The monoisotopic (exact) mass is 176 g/mol. The number of terminal acetylenes is 1. The van der Waals surface area contributed by atoms with Gasteiger partial charge in [-0.3, -0.25) is 4.79 Å². The Morgan fingerprint density at radius 3 is 2.92 bits per heavy atom. The fraction of sp³-hybridized carbons (Fsp3) is 0.111. The standard InChI is InChI=1S/C9H8N2O2/c1-2-5-13-7-3-4-8(9(10)12)11-6-7/h1,3-4,6H,5H2,(H2,10,12). The van der Waals surface area contributed by atoms with Gasteiger partial charge >= 0.3 is 0 Å². The van der Waals surface area contributed by atoms with Crippen LogP contribution >= 0.6 is 0 Å². The molecule has 0 atom stereocenters. The number of primary amides is 1. The van der Waals surface area contributed by atoms with E-state index in [0.29, 0.717) is 5.75 Å². The third kappa shape index (κ3) is 2.49. The first-order valence-electron chi connectivity index (χ1n) is 3.56. The van der Waals surface area contributed by atoms with Crippen LogP contribution in [-0.2, 0) is 0 Å². The third-order valence-electron chi connectivity index (χ3n) is 1.31. The average molecular weight is 176 g/mol. The van der Waals surface area contributed by atoms with Crippen LogP contribution < -0.4 is 10.5 Å². The van der Waals surface area contributed by atoms with Crippen molar-refractivity contribution in [1.29, 1.82) is 0 Å². The highest BCUT2D eigenvalue weighted by molar-refractivity contribution is 5.90. The Morgan fingerprint density at radius 2 is 2.46 bits per heavy atom. The average Bonchev–Trinajstić information content (AvgIpc) is 2.15. The van der Waals surface area contributed by atoms with Gasteiger partial charge in [-0.1, -0.05) is 5.92 Å². The zero-order valence-electron chi connectivity index (χ0n) is 6.86. The minimum atomic E-state index is -0.566. The normalized spacial score (nSPS) is 8.85. The lowest BCUT2D eigenvalue weighted by atomic mass is 10.3. The van der Waals surface area contributed by atoms with Crippen LogP contribution in [0.5, 0.6) is 5.75 Å². The predicted octanol–water partition coefficient (Wildman–Crippen LogP) is 0.193. The highest BCUT2D eigenvalue weighted by Gasteiger charge is 2.00. The lowest BCUT2D eigenvalue weighted by Gasteiger charge is -2.00. The van der Waals surface area contributed by atoms with Gasteiger partial charge in [0.2, 0.25) is 0 Å². The number of hydrogen-bond donors (Lipinski definition) is 1. The first kappa shape index (κ1) is 9.07. The van der Waals surface area contributed by atoms with E-state index < -0.39 is 5.91 Å². The third-order valence-corrected chi connectivity index (χ3v) is 1.31. The summed E-state index contributed by atoms with van der Waals surface area (Å²) in [4.78, 5) is 14.4. The SMILES string of the molecule is C#CCOc1ccc(C(N)=O)nc1. The molecule has 0 unspecified atom stereocenters. The summed E-state index contributed by atoms with van der Waals surface area (Å²) in [5, 5.41) is 0. The number of carbonyl (C=O) groups excluding carboxylic acids is 1. The van der Waals surface area contributed by atoms with Gasteiger partial charge in [-0.05, 0) is 12.1 Å². The van der Waals surface area contributed by atoms with E-state index in [1.807, 2.05) is 0 Å². The van der Waals surface area contributed by atoms with Gasteiger partial charge in [0, 0.05) is 0 Å². The van der Waals surface area contributed by atoms with Crippen LogP contribution in [0.3, 0.4) is 0 Å². The molecule has 2 N–H and O–H groups in total. The maximum Gasteiger partial charge on any atom is 0.267 e. The number of hydrogen-bond acceptors (Lipinski definition) is 3. The Bertz CT molecular complexity index is 338. The van der Waals surface area contributed by atoms with Gasteiger partial charge in [0.05, 0.1) is 6.20 Å². The van der Waals surface area contributed by atoms with Crippen molar-refractivity contribution < 1.29 is 9.53 Å². The van der Waals surface area contributed by atoms with Crippen molar-refractivity contribution in [2.45, 2.75) is 0 Å². The van der Waals surface area contributed by atoms with Crippen molar-refractivity contribution >= 4 is 5.91 Å². The van der Waals surface area contributed by atoms with Crippen molar-refractivity contribution in [1.82, 2.24) is 4.98 Å². The van der Waals surface area contributed by atoms with Crippen molar-refractivity contribution in [2.75, 3.05) is 6.61 Å². The molecule has 1 aromatic rings. The molecule has 0 fully saturated rings. The summed E-state index contributed by atoms with van der Waals surface area (Å²) < 4.78 is 5.04. The van der Waals surface area contributed by atoms with E-state index in [1.54, 1.807) is 6.07 Å². The molecule has 0 saturated carbocycles. The van der Waals surface area contributed by atoms with E-state index in [4.69, 9.17) is 16.9 Å². The zero-order chi connectivity index (χ0) is 9.68. The molecular weight excluding hydrogens is 168 g/mol. The van der Waals surface area contributed by atoms with Gasteiger partial charge < -0.3 is 10.5 Å². The fourth-order valence-corrected chi connectivity index (χ4v) is 0.736. The molecule has 0 radical (unpaired) electrons. The lowest BCUT2D eigenvalue weighted by molar-refractivity contribution is 0.0995. The quantitative estimate of drug-likeness (QED) is 0.668. The Hall–Kier alpha value is -2.02. The smallest absolute Gasteiger partial charge is 0.267 e. The van der Waals surface area contributed by atoms with E-state index in [2.05, 4.69) is 10.9 Å². The molecule has 0 bridgehead atoms. The molecule has 0 aliphatic rings. The topological polar surface area (TPSA) is 65.2 Å². The van der Waals surface area contributed by atoms with Crippen molar-refractivity contribution in [2.24, 2.45) is 5.73 Å². The van der Waals surface area contributed by atoms with Gasteiger partial charge in [0.15, 0.2) is 0 Å². The summed E-state index contributed by atoms with van der Waals surface area (Å²) in [6.45, 7) is 0.178. The Morgan fingerprint density at radius 1 is 1.69 bits per heavy atom. The van der Waals surface area contributed by atoms with Crippen LogP contribution in [0.2, 0.25) is 0 Å². The first-order valence-corrected chi connectivity index (χ1v) is 3.56. The molecule has 1 heterocycles. The molecule has 1 amide bonds. The first-order chi connectivity index (χ1) is 6.24. The lowest BCUT2D eigenvalue weighted by Crippen LogP contribution is -2.12. The van der Waals surface area contributed by atoms with Crippen molar-refractivity contribution in [3.05, 3.63) is 24.0 Å². The minimum Gasteiger partial charge on any atom is -0.479 e. The summed E-state index contributed by atoms with van der Waals surface area (Å²) >= 11 is 0. The largest absolute Gasteiger partial charge is 0.479 e. The zero-order valence-corrected chi connectivity index (χ0v) is 6.86. The number of nitrogens with zero attached hydrogens (tertiary/aromatic N) is 1. The number of nitrogens with two attached hydrogens (primary N) is 1. The van der Waals surface area contributed by atoms with Crippen LogP contribution in [0.15, 0.2) is 18.3 Å². The molecule has 1 aromatic heterocycles. The molecule has 4 heteroatoms. The van der Waals surface area contributed by atoms with Gasteiger partial charge in [0.1, 0.15) is 18.1 Å². The predicted molar refractivity (Wildman–Crippen MR) is 47.1 cm³/mol. The molecule has 1 rings (SSSR count). The maximum absolute atomic E-state index is 10.6. The maximum atomic E-state index is 10.6. The van der Waals surface area contributed by atoms with Crippen LogP contribution in [0.1, 0.15) is 10.5 Å². The highest BCUT2D eigenvalue weighted by Crippen LogP contribution is 2.08. The second-order valence-corrected chi connectivity index (χ2v) is 2.24. The van der Waals surface area contributed by atoms with Crippen molar-refractivity contribution in [3.8, 4) is 18.1 Å². The van der Waals surface area contributed by atoms with E-state index in [1.165, 1.54) is 12.3 Å². The van der Waals surface area contributed by atoms with Crippen LogP contribution in [0.4, 0.5) is 0 Å². The number of pyridine rings is 1. The highest BCUT2D eigenvalue weighted by atomic mass is 16.5. The molecule has 0 spiro atoms. The van der Waals surface area contributed by atoms with Gasteiger partial charge in [-0.2, -0.15) is 0 Å². The number of rotatable bonds is 3. The molecule has 0 aliphatic heterocycles. The second kappa shape index (κ2) is 4.12. The summed E-state index contributed by atoms with van der Waals surface area (Å²) in [7, 11) is 0. The molecular formula is C9H8N2O2. The van der Waals surface area contributed by atoms with Crippen LogP contribution in [0.25, 0.3) is 0 Å². The molecule has 66 valence electrons. The number of aromatic nitrogens is 1. The van der Waals surface area contributed by atoms with E-state index in [0.717, 1.165) is 0 Å².